The number of rotatable bonds is 3. The highest BCUT2D eigenvalue weighted by Crippen LogP contribution is 2.30. The van der Waals surface area contributed by atoms with Crippen molar-refractivity contribution >= 4 is 17.4 Å². The molecule has 0 fully saturated rings. The van der Waals surface area contributed by atoms with Crippen molar-refractivity contribution in [1.82, 2.24) is 24.9 Å². The van der Waals surface area contributed by atoms with Gasteiger partial charge in [0.05, 0.1) is 31.0 Å². The first kappa shape index (κ1) is 20.9. The van der Waals surface area contributed by atoms with Crippen molar-refractivity contribution < 1.29 is 14.3 Å². The zero-order valence-corrected chi connectivity index (χ0v) is 18.2. The highest BCUT2D eigenvalue weighted by molar-refractivity contribution is 5.98. The fourth-order valence-corrected chi connectivity index (χ4v) is 3.74. The number of hydrogen-bond donors (Lipinski definition) is 2. The van der Waals surface area contributed by atoms with Gasteiger partial charge in [-0.3, -0.25) is 9.78 Å². The third kappa shape index (κ3) is 4.49. The van der Waals surface area contributed by atoms with E-state index in [0.29, 0.717) is 43.3 Å². The zero-order valence-electron chi connectivity index (χ0n) is 18.2. The molecule has 0 unspecified atom stereocenters. The van der Waals surface area contributed by atoms with Crippen molar-refractivity contribution in [3.63, 3.8) is 0 Å². The lowest BCUT2D eigenvalue weighted by molar-refractivity contribution is 0.0922. The number of fused-ring (bicyclic) bond motifs is 4. The maximum atomic E-state index is 13.1. The number of nitrogens with one attached hydrogen (secondary N) is 2. The van der Waals surface area contributed by atoms with Crippen LogP contribution in [0, 0.1) is 0 Å². The molecule has 5 rings (SSSR count). The van der Waals surface area contributed by atoms with Crippen LogP contribution in [0.3, 0.4) is 0 Å². The van der Waals surface area contributed by atoms with Gasteiger partial charge in [0.15, 0.2) is 5.65 Å². The summed E-state index contributed by atoms with van der Waals surface area (Å²) in [5.41, 5.74) is 3.86. The fraction of sp³-hybridized carbons (Fsp3) is 0.250. The maximum Gasteiger partial charge on any atom is 0.255 e. The third-order valence-corrected chi connectivity index (χ3v) is 5.50. The second kappa shape index (κ2) is 9.25. The molecule has 3 aromatic heterocycles. The molecule has 168 valence electrons. The molecule has 1 atom stereocenters. The normalized spacial score (nSPS) is 14.7. The van der Waals surface area contributed by atoms with Gasteiger partial charge in [-0.25, -0.2) is 9.50 Å². The molecule has 0 spiro atoms. The molecule has 0 saturated heterocycles. The lowest BCUT2D eigenvalue weighted by Gasteiger charge is -2.17. The number of anilines is 1. The van der Waals surface area contributed by atoms with Crippen molar-refractivity contribution in [2.45, 2.75) is 13.0 Å². The van der Waals surface area contributed by atoms with E-state index in [4.69, 9.17) is 14.5 Å². The Bertz CT molecular complexity index is 1270. The Labute approximate surface area is 190 Å². The van der Waals surface area contributed by atoms with Crippen LogP contribution < -0.4 is 15.4 Å². The van der Waals surface area contributed by atoms with Crippen LogP contribution in [0.5, 0.6) is 5.75 Å². The molecule has 0 radical (unpaired) electrons. The molecule has 4 bridgehead atoms. The zero-order chi connectivity index (χ0) is 22.6. The Kier molecular flexibility index (Phi) is 5.86. The number of carbonyl (C=O) groups is 1. The number of aromatic nitrogens is 4. The van der Waals surface area contributed by atoms with Gasteiger partial charge in [0.1, 0.15) is 18.2 Å². The quantitative estimate of drug-likeness (QED) is 0.501. The summed E-state index contributed by atoms with van der Waals surface area (Å²) < 4.78 is 13.4. The Morgan fingerprint density at radius 3 is 2.91 bits per heavy atom. The number of ether oxygens (including phenoxy) is 2. The largest absolute Gasteiger partial charge is 0.490 e. The van der Waals surface area contributed by atoms with E-state index in [1.54, 1.807) is 29.2 Å². The SMILES string of the molecule is C[C@H](NC(=O)c1ccc2cc1OCCOCCNc1ccn3ncc-2c3n1)c1ccncc1. The fourth-order valence-electron chi connectivity index (χ4n) is 3.74. The van der Waals surface area contributed by atoms with E-state index in [2.05, 4.69) is 20.7 Å². The van der Waals surface area contributed by atoms with E-state index in [1.165, 1.54) is 0 Å². The molecule has 4 aromatic rings. The summed E-state index contributed by atoms with van der Waals surface area (Å²) in [5, 5.41) is 10.7. The molecule has 2 N–H and O–H groups in total. The molecular weight excluding hydrogens is 420 g/mol. The molecule has 0 saturated carbocycles. The Morgan fingerprint density at radius 2 is 2.03 bits per heavy atom. The van der Waals surface area contributed by atoms with Crippen LogP contribution in [0.2, 0.25) is 0 Å². The predicted octanol–water partition coefficient (Wildman–Crippen LogP) is 3.10. The summed E-state index contributed by atoms with van der Waals surface area (Å²) in [6, 6.07) is 11.0. The number of amides is 1. The minimum Gasteiger partial charge on any atom is -0.490 e. The van der Waals surface area contributed by atoms with Crippen molar-refractivity contribution in [2.24, 2.45) is 0 Å². The summed E-state index contributed by atoms with van der Waals surface area (Å²) in [5.74, 6) is 1.02. The Balaban J connectivity index is 1.50. The molecule has 1 amide bonds. The topological polar surface area (TPSA) is 103 Å². The van der Waals surface area contributed by atoms with Gasteiger partial charge in [0.25, 0.3) is 5.91 Å². The second-order valence-electron chi connectivity index (χ2n) is 7.71. The number of hydrogen-bond acceptors (Lipinski definition) is 7. The molecule has 1 aliphatic heterocycles. The summed E-state index contributed by atoms with van der Waals surface area (Å²) in [7, 11) is 0. The van der Waals surface area contributed by atoms with E-state index in [0.717, 1.165) is 22.5 Å². The average Bonchev–Trinajstić information content (AvgIpc) is 3.26. The van der Waals surface area contributed by atoms with E-state index in [9.17, 15) is 4.79 Å². The van der Waals surface area contributed by atoms with E-state index in [1.807, 2.05) is 43.5 Å². The monoisotopic (exact) mass is 444 g/mol. The van der Waals surface area contributed by atoms with Gasteiger partial charge in [-0.1, -0.05) is 6.07 Å². The van der Waals surface area contributed by atoms with Crippen LogP contribution in [-0.4, -0.2) is 51.9 Å². The number of carbonyl (C=O) groups excluding carboxylic acids is 1. The Hall–Kier alpha value is -3.98. The predicted molar refractivity (Wildman–Crippen MR) is 123 cm³/mol. The summed E-state index contributed by atoms with van der Waals surface area (Å²) in [6.45, 7) is 3.81. The number of nitrogens with zero attached hydrogens (tertiary/aromatic N) is 4. The highest BCUT2D eigenvalue weighted by Gasteiger charge is 2.19. The summed E-state index contributed by atoms with van der Waals surface area (Å²) in [6.07, 6.45) is 7.05. The molecule has 4 heterocycles. The first-order valence-electron chi connectivity index (χ1n) is 10.8. The van der Waals surface area contributed by atoms with Crippen LogP contribution in [-0.2, 0) is 4.74 Å². The van der Waals surface area contributed by atoms with E-state index < -0.39 is 0 Å². The lowest BCUT2D eigenvalue weighted by Crippen LogP contribution is -2.27. The molecule has 1 aliphatic rings. The molecule has 9 heteroatoms. The highest BCUT2D eigenvalue weighted by atomic mass is 16.5. The third-order valence-electron chi connectivity index (χ3n) is 5.50. The van der Waals surface area contributed by atoms with Crippen LogP contribution in [0.4, 0.5) is 5.82 Å². The van der Waals surface area contributed by atoms with Gasteiger partial charge >= 0.3 is 0 Å². The van der Waals surface area contributed by atoms with Crippen molar-refractivity contribution in [2.75, 3.05) is 31.7 Å². The minimum absolute atomic E-state index is 0.177. The van der Waals surface area contributed by atoms with Crippen molar-refractivity contribution in [3.8, 4) is 16.9 Å². The number of pyridine rings is 1. The minimum atomic E-state index is -0.215. The van der Waals surface area contributed by atoms with Gasteiger partial charge in [-0.15, -0.1) is 0 Å². The van der Waals surface area contributed by atoms with Gasteiger partial charge in [0, 0.05) is 30.7 Å². The van der Waals surface area contributed by atoms with Crippen LogP contribution in [0.25, 0.3) is 16.8 Å². The van der Waals surface area contributed by atoms with Crippen molar-refractivity contribution in [1.29, 1.82) is 0 Å². The van der Waals surface area contributed by atoms with Crippen molar-refractivity contribution in [3.05, 3.63) is 72.3 Å². The molecular formula is C24H24N6O3. The summed E-state index contributed by atoms with van der Waals surface area (Å²) in [4.78, 5) is 21.9. The Morgan fingerprint density at radius 1 is 1.15 bits per heavy atom. The van der Waals surface area contributed by atoms with Gasteiger partial charge in [0.2, 0.25) is 0 Å². The van der Waals surface area contributed by atoms with Crippen LogP contribution in [0.1, 0.15) is 28.9 Å². The molecule has 33 heavy (non-hydrogen) atoms. The second-order valence-corrected chi connectivity index (χ2v) is 7.71. The summed E-state index contributed by atoms with van der Waals surface area (Å²) >= 11 is 0. The number of benzene rings is 1. The maximum absolute atomic E-state index is 13.1. The molecule has 9 nitrogen and oxygen atoms in total. The van der Waals surface area contributed by atoms with E-state index >= 15 is 0 Å². The lowest BCUT2D eigenvalue weighted by atomic mass is 10.0. The molecule has 0 aliphatic carbocycles. The smallest absolute Gasteiger partial charge is 0.255 e. The van der Waals surface area contributed by atoms with E-state index in [-0.39, 0.29) is 11.9 Å². The van der Waals surface area contributed by atoms with Gasteiger partial charge in [-0.05, 0) is 48.4 Å². The van der Waals surface area contributed by atoms with Gasteiger partial charge < -0.3 is 20.1 Å². The first-order valence-corrected chi connectivity index (χ1v) is 10.8. The van der Waals surface area contributed by atoms with Crippen LogP contribution in [0.15, 0.2) is 61.2 Å². The van der Waals surface area contributed by atoms with Crippen LogP contribution >= 0.6 is 0 Å². The first-order chi connectivity index (χ1) is 16.2. The molecule has 1 aromatic carbocycles. The average molecular weight is 444 g/mol. The standard InChI is InChI=1S/C24H24N6O3/c1-16(17-4-7-25-8-5-17)28-24(31)19-3-2-18-14-21(19)33-13-12-32-11-9-26-22-6-10-30-23(29-22)20(18)15-27-30/h2-8,10,14-16H,9,11-13H2,1H3,(H,26,29)(H,28,31)/t16-/m0/s1. The van der Waals surface area contributed by atoms with Gasteiger partial charge in [-0.2, -0.15) is 5.10 Å².